The van der Waals surface area contributed by atoms with Gasteiger partial charge in [-0.05, 0) is 49.8 Å². The van der Waals surface area contributed by atoms with Gasteiger partial charge >= 0.3 is 5.97 Å². The van der Waals surface area contributed by atoms with Crippen LogP contribution >= 0.6 is 11.8 Å². The van der Waals surface area contributed by atoms with Crippen LogP contribution in [0.25, 0.3) is 0 Å². The number of carboxylic acids is 1. The average molecular weight is 270 g/mol. The molecule has 0 radical (unpaired) electrons. The number of carbonyl (C=O) groups is 1. The fourth-order valence-electron chi connectivity index (χ4n) is 2.19. The lowest BCUT2D eigenvalue weighted by Crippen LogP contribution is -2.28. The van der Waals surface area contributed by atoms with E-state index in [1.807, 2.05) is 18.7 Å². The molecule has 2 heterocycles. The minimum atomic E-state index is -0.826. The Hall–Kier alpha value is -1.11. The quantitative estimate of drug-likeness (QED) is 0.896. The number of nitrogens with zero attached hydrogens (tertiary/aromatic N) is 4. The van der Waals surface area contributed by atoms with Crippen LogP contribution in [0.3, 0.4) is 0 Å². The molecular weight excluding hydrogens is 252 g/mol. The first-order valence-corrected chi connectivity index (χ1v) is 7.09. The third-order valence-corrected chi connectivity index (χ3v) is 5.20. The zero-order valence-electron chi connectivity index (χ0n) is 10.8. The molecule has 0 amide bonds. The Morgan fingerprint density at radius 3 is 2.83 bits per heavy atom. The lowest BCUT2D eigenvalue weighted by molar-refractivity contribution is -0.142. The summed E-state index contributed by atoms with van der Waals surface area (Å²) in [5, 5.41) is 20.9. The van der Waals surface area contributed by atoms with Gasteiger partial charge in [0, 0.05) is 0 Å². The molecule has 1 aromatic heterocycles. The van der Waals surface area contributed by atoms with Crippen molar-refractivity contribution in [2.75, 3.05) is 5.75 Å². The SMILES string of the molecule is CC(C(=O)O)C(C)n1nnnc1C1(C)CCCS1. The van der Waals surface area contributed by atoms with Gasteiger partial charge in [-0.25, -0.2) is 4.68 Å². The first kappa shape index (κ1) is 13.3. The summed E-state index contributed by atoms with van der Waals surface area (Å²) < 4.78 is 1.59. The van der Waals surface area contributed by atoms with E-state index < -0.39 is 11.9 Å². The molecule has 0 spiro atoms. The number of aromatic nitrogens is 4. The molecule has 1 aromatic rings. The Bertz CT molecular complexity index is 442. The minimum Gasteiger partial charge on any atom is -0.481 e. The zero-order valence-corrected chi connectivity index (χ0v) is 11.6. The third kappa shape index (κ3) is 2.23. The molecule has 2 rings (SSSR count). The molecule has 0 aromatic carbocycles. The molecule has 1 saturated heterocycles. The van der Waals surface area contributed by atoms with E-state index in [-0.39, 0.29) is 10.8 Å². The van der Waals surface area contributed by atoms with Crippen molar-refractivity contribution in [3.8, 4) is 0 Å². The van der Waals surface area contributed by atoms with Gasteiger partial charge in [-0.1, -0.05) is 0 Å². The van der Waals surface area contributed by atoms with Gasteiger partial charge in [0.25, 0.3) is 0 Å². The number of hydrogen-bond donors (Lipinski definition) is 1. The highest BCUT2D eigenvalue weighted by Gasteiger charge is 2.38. The monoisotopic (exact) mass is 270 g/mol. The van der Waals surface area contributed by atoms with Gasteiger partial charge in [0.1, 0.15) is 0 Å². The van der Waals surface area contributed by atoms with Crippen molar-refractivity contribution >= 4 is 17.7 Å². The zero-order chi connectivity index (χ0) is 13.3. The van der Waals surface area contributed by atoms with Gasteiger partial charge in [-0.3, -0.25) is 4.79 Å². The Labute approximate surface area is 110 Å². The Balaban J connectivity index is 2.30. The van der Waals surface area contributed by atoms with Crippen LogP contribution in [-0.4, -0.2) is 37.0 Å². The van der Waals surface area contributed by atoms with Gasteiger partial charge in [0.2, 0.25) is 0 Å². The van der Waals surface area contributed by atoms with Crippen LogP contribution in [0.1, 0.15) is 45.5 Å². The topological polar surface area (TPSA) is 80.9 Å². The second-order valence-electron chi connectivity index (χ2n) is 5.00. The lowest BCUT2D eigenvalue weighted by atomic mass is 10.0. The van der Waals surface area contributed by atoms with Crippen molar-refractivity contribution < 1.29 is 9.90 Å². The summed E-state index contributed by atoms with van der Waals surface area (Å²) in [6, 6.07) is -0.245. The van der Waals surface area contributed by atoms with Crippen LogP contribution in [0.15, 0.2) is 0 Å². The van der Waals surface area contributed by atoms with E-state index >= 15 is 0 Å². The smallest absolute Gasteiger partial charge is 0.308 e. The number of aliphatic carboxylic acids is 1. The molecule has 100 valence electrons. The molecule has 7 heteroatoms. The summed E-state index contributed by atoms with van der Waals surface area (Å²) in [4.78, 5) is 11.1. The number of carboxylic acid groups (broad SMARTS) is 1. The van der Waals surface area contributed by atoms with Crippen molar-refractivity contribution in [2.24, 2.45) is 5.92 Å². The maximum absolute atomic E-state index is 11.1. The van der Waals surface area contributed by atoms with Crippen molar-refractivity contribution in [2.45, 2.75) is 44.4 Å². The van der Waals surface area contributed by atoms with E-state index in [2.05, 4.69) is 22.4 Å². The van der Waals surface area contributed by atoms with Crippen molar-refractivity contribution in [1.82, 2.24) is 20.2 Å². The summed E-state index contributed by atoms with van der Waals surface area (Å²) in [5.41, 5.74) is 0. The minimum absolute atomic E-state index is 0.0873. The molecule has 0 saturated carbocycles. The number of thioether (sulfide) groups is 1. The predicted molar refractivity (Wildman–Crippen MR) is 68.4 cm³/mol. The van der Waals surface area contributed by atoms with E-state index in [1.54, 1.807) is 11.6 Å². The fraction of sp³-hybridized carbons (Fsp3) is 0.818. The highest BCUT2D eigenvalue weighted by Crippen LogP contribution is 2.45. The van der Waals surface area contributed by atoms with Crippen LogP contribution in [0.5, 0.6) is 0 Å². The molecule has 0 aliphatic carbocycles. The Morgan fingerprint density at radius 1 is 1.56 bits per heavy atom. The van der Waals surface area contributed by atoms with E-state index in [4.69, 9.17) is 5.11 Å². The molecule has 18 heavy (non-hydrogen) atoms. The normalized spacial score (nSPS) is 27.1. The average Bonchev–Trinajstić information content (AvgIpc) is 2.95. The highest BCUT2D eigenvalue weighted by atomic mass is 32.2. The van der Waals surface area contributed by atoms with Crippen LogP contribution in [0.2, 0.25) is 0 Å². The van der Waals surface area contributed by atoms with Gasteiger partial charge < -0.3 is 5.11 Å². The first-order chi connectivity index (χ1) is 8.46. The largest absolute Gasteiger partial charge is 0.481 e. The summed E-state index contributed by atoms with van der Waals surface area (Å²) in [5.74, 6) is 0.563. The van der Waals surface area contributed by atoms with Crippen LogP contribution < -0.4 is 0 Å². The highest BCUT2D eigenvalue weighted by molar-refractivity contribution is 8.00. The number of tetrazole rings is 1. The predicted octanol–water partition coefficient (Wildman–Crippen LogP) is 1.70. The first-order valence-electron chi connectivity index (χ1n) is 6.11. The molecule has 1 fully saturated rings. The summed E-state index contributed by atoms with van der Waals surface area (Å²) in [7, 11) is 0. The molecule has 1 N–H and O–H groups in total. The van der Waals surface area contributed by atoms with Crippen LogP contribution in [0.4, 0.5) is 0 Å². The van der Waals surface area contributed by atoms with E-state index in [9.17, 15) is 4.79 Å². The standard InChI is InChI=1S/C11H18N4O2S/c1-7(9(16)17)8(2)15-10(12-13-14-15)11(3)5-4-6-18-11/h7-8H,4-6H2,1-3H3,(H,16,17). The second-order valence-corrected chi connectivity index (χ2v) is 6.60. The van der Waals surface area contributed by atoms with E-state index in [0.29, 0.717) is 0 Å². The van der Waals surface area contributed by atoms with Crippen molar-refractivity contribution in [3.63, 3.8) is 0 Å². The lowest BCUT2D eigenvalue weighted by Gasteiger charge is -2.25. The molecule has 3 atom stereocenters. The maximum Gasteiger partial charge on any atom is 0.308 e. The molecular formula is C11H18N4O2S. The van der Waals surface area contributed by atoms with Gasteiger partial charge in [-0.2, -0.15) is 0 Å². The second kappa shape index (κ2) is 4.87. The van der Waals surface area contributed by atoms with Gasteiger partial charge in [0.15, 0.2) is 5.82 Å². The van der Waals surface area contributed by atoms with Gasteiger partial charge in [0.05, 0.1) is 16.7 Å². The third-order valence-electron chi connectivity index (χ3n) is 3.68. The van der Waals surface area contributed by atoms with Crippen molar-refractivity contribution in [3.05, 3.63) is 5.82 Å². The van der Waals surface area contributed by atoms with E-state index in [0.717, 1.165) is 24.4 Å². The summed E-state index contributed by atoms with van der Waals surface area (Å²) >= 11 is 1.84. The fourth-order valence-corrected chi connectivity index (χ4v) is 3.48. The molecule has 1 aliphatic heterocycles. The molecule has 6 nitrogen and oxygen atoms in total. The maximum atomic E-state index is 11.1. The Kier molecular flexibility index (Phi) is 3.61. The number of hydrogen-bond acceptors (Lipinski definition) is 5. The van der Waals surface area contributed by atoms with Gasteiger partial charge in [-0.15, -0.1) is 16.9 Å². The molecule has 3 unspecified atom stereocenters. The van der Waals surface area contributed by atoms with Crippen LogP contribution in [-0.2, 0) is 9.54 Å². The van der Waals surface area contributed by atoms with E-state index in [1.165, 1.54) is 0 Å². The molecule has 1 aliphatic rings. The summed E-state index contributed by atoms with van der Waals surface area (Å²) in [6.07, 6.45) is 2.18. The Morgan fingerprint density at radius 2 is 2.28 bits per heavy atom. The summed E-state index contributed by atoms with van der Waals surface area (Å²) in [6.45, 7) is 5.66. The molecule has 0 bridgehead atoms. The van der Waals surface area contributed by atoms with Crippen molar-refractivity contribution in [1.29, 1.82) is 0 Å². The van der Waals surface area contributed by atoms with Crippen LogP contribution in [0, 0.1) is 5.92 Å². The number of rotatable bonds is 4.